The minimum absolute atomic E-state index is 0.0781. The second-order valence-electron chi connectivity index (χ2n) is 8.96. The Balaban J connectivity index is 1.35. The number of carbonyl (C=O) groups is 2. The van der Waals surface area contributed by atoms with Crippen LogP contribution in [0.25, 0.3) is 0 Å². The van der Waals surface area contributed by atoms with E-state index < -0.39 is 10.0 Å². The molecule has 2 N–H and O–H groups in total. The molecule has 0 bridgehead atoms. The van der Waals surface area contributed by atoms with E-state index in [-0.39, 0.29) is 35.5 Å². The first-order chi connectivity index (χ1) is 17.9. The highest BCUT2D eigenvalue weighted by Crippen LogP contribution is 2.23. The lowest BCUT2D eigenvalue weighted by Gasteiger charge is -2.31. The van der Waals surface area contributed by atoms with Gasteiger partial charge in [-0.3, -0.25) is 9.59 Å². The van der Waals surface area contributed by atoms with Crippen molar-refractivity contribution in [3.8, 4) is 0 Å². The lowest BCUT2D eigenvalue weighted by atomic mass is 9.97. The highest BCUT2D eigenvalue weighted by atomic mass is 32.2. The maximum atomic E-state index is 13.1. The van der Waals surface area contributed by atoms with E-state index >= 15 is 0 Å². The van der Waals surface area contributed by atoms with Crippen LogP contribution in [-0.2, 0) is 30.7 Å². The summed E-state index contributed by atoms with van der Waals surface area (Å²) in [4.78, 5) is 24.4. The van der Waals surface area contributed by atoms with Gasteiger partial charge in [-0.2, -0.15) is 4.31 Å². The van der Waals surface area contributed by atoms with Gasteiger partial charge < -0.3 is 20.1 Å². The second kappa shape index (κ2) is 12.1. The van der Waals surface area contributed by atoms with Crippen molar-refractivity contribution in [3.63, 3.8) is 0 Å². The van der Waals surface area contributed by atoms with E-state index in [9.17, 15) is 18.0 Å². The Bertz CT molecular complexity index is 1240. The molecule has 1 unspecified atom stereocenters. The average Bonchev–Trinajstić information content (AvgIpc) is 3.47. The molecule has 0 saturated carbocycles. The SMILES string of the molecule is C=CC(=O)NC1CCN(S(=O)(=O)c2ccc(C(=O)NCC(Cc3ccccc3)C3=COCO3)cc2)CC1. The number of hydrogen-bond acceptors (Lipinski definition) is 6. The number of benzene rings is 2. The van der Waals surface area contributed by atoms with Crippen LogP contribution in [0.1, 0.15) is 28.8 Å². The Morgan fingerprint density at radius 1 is 1.08 bits per heavy atom. The van der Waals surface area contributed by atoms with Gasteiger partial charge in [-0.1, -0.05) is 36.9 Å². The van der Waals surface area contributed by atoms with Crippen LogP contribution >= 0.6 is 0 Å². The first-order valence-electron chi connectivity index (χ1n) is 12.2. The molecule has 2 aromatic carbocycles. The number of sulfonamides is 1. The summed E-state index contributed by atoms with van der Waals surface area (Å²) in [6, 6.07) is 15.8. The maximum Gasteiger partial charge on any atom is 0.251 e. The van der Waals surface area contributed by atoms with E-state index in [0.29, 0.717) is 50.2 Å². The normalized spacial score (nSPS) is 17.1. The number of ether oxygens (including phenoxy) is 2. The molecule has 0 aromatic heterocycles. The minimum Gasteiger partial charge on any atom is -0.462 e. The zero-order chi connectivity index (χ0) is 26.3. The summed E-state index contributed by atoms with van der Waals surface area (Å²) in [6.45, 7) is 4.53. The summed E-state index contributed by atoms with van der Waals surface area (Å²) in [5, 5.41) is 5.74. The zero-order valence-corrected chi connectivity index (χ0v) is 21.3. The number of hydrogen-bond donors (Lipinski definition) is 2. The van der Waals surface area contributed by atoms with Crippen LogP contribution in [-0.4, -0.2) is 57.0 Å². The first kappa shape index (κ1) is 26.4. The van der Waals surface area contributed by atoms with Crippen LogP contribution in [0.15, 0.2) is 84.2 Å². The summed E-state index contributed by atoms with van der Waals surface area (Å²) in [7, 11) is -3.70. The average molecular weight is 526 g/mol. The molecule has 10 heteroatoms. The Morgan fingerprint density at radius 3 is 2.41 bits per heavy atom. The molecule has 0 spiro atoms. The van der Waals surface area contributed by atoms with Crippen molar-refractivity contribution in [2.45, 2.75) is 30.2 Å². The predicted molar refractivity (Wildman–Crippen MR) is 138 cm³/mol. The fraction of sp³-hybridized carbons (Fsp3) is 0.333. The summed E-state index contributed by atoms with van der Waals surface area (Å²) < 4.78 is 38.3. The highest BCUT2D eigenvalue weighted by molar-refractivity contribution is 7.89. The third kappa shape index (κ3) is 6.78. The molecular formula is C27H31N3O6S. The van der Waals surface area contributed by atoms with Crippen LogP contribution in [0.5, 0.6) is 0 Å². The lowest BCUT2D eigenvalue weighted by Crippen LogP contribution is -2.46. The largest absolute Gasteiger partial charge is 0.462 e. The van der Waals surface area contributed by atoms with E-state index in [0.717, 1.165) is 5.56 Å². The molecule has 1 fully saturated rings. The third-order valence-electron chi connectivity index (χ3n) is 6.47. The van der Waals surface area contributed by atoms with Crippen LogP contribution in [0.3, 0.4) is 0 Å². The quantitative estimate of drug-likeness (QED) is 0.461. The summed E-state index contributed by atoms with van der Waals surface area (Å²) in [5.74, 6) is 0.00815. The van der Waals surface area contributed by atoms with E-state index in [4.69, 9.17) is 9.47 Å². The molecule has 4 rings (SSSR count). The van der Waals surface area contributed by atoms with E-state index in [1.807, 2.05) is 30.3 Å². The van der Waals surface area contributed by atoms with Crippen LogP contribution in [0.4, 0.5) is 0 Å². The van der Waals surface area contributed by atoms with E-state index in [1.165, 1.54) is 34.6 Å². The number of rotatable bonds is 10. The van der Waals surface area contributed by atoms with E-state index in [2.05, 4.69) is 17.2 Å². The maximum absolute atomic E-state index is 13.1. The van der Waals surface area contributed by atoms with Crippen LogP contribution < -0.4 is 10.6 Å². The van der Waals surface area contributed by atoms with Crippen molar-refractivity contribution in [1.82, 2.24) is 14.9 Å². The van der Waals surface area contributed by atoms with Crippen molar-refractivity contribution < 1.29 is 27.5 Å². The van der Waals surface area contributed by atoms with Gasteiger partial charge >= 0.3 is 0 Å². The van der Waals surface area contributed by atoms with Crippen molar-refractivity contribution in [2.24, 2.45) is 5.92 Å². The molecule has 37 heavy (non-hydrogen) atoms. The van der Waals surface area contributed by atoms with Gasteiger partial charge in [0, 0.05) is 37.2 Å². The minimum atomic E-state index is -3.70. The number of carbonyl (C=O) groups excluding carboxylic acids is 2. The molecule has 2 aliphatic rings. The fourth-order valence-corrected chi connectivity index (χ4v) is 5.85. The molecule has 2 aromatic rings. The second-order valence-corrected chi connectivity index (χ2v) is 10.9. The molecule has 1 atom stereocenters. The standard InChI is InChI=1S/C27H31N3O6S/c1-2-26(31)29-23-12-14-30(15-13-23)37(33,34)24-10-8-21(9-11-24)27(32)28-17-22(25-18-35-19-36-25)16-20-6-4-3-5-7-20/h2-11,18,22-23H,1,12-17,19H2,(H,28,32)(H,29,31). The van der Waals surface area contributed by atoms with Gasteiger partial charge in [0.15, 0.2) is 0 Å². The van der Waals surface area contributed by atoms with Gasteiger partial charge in [0.1, 0.15) is 12.0 Å². The van der Waals surface area contributed by atoms with Crippen molar-refractivity contribution in [2.75, 3.05) is 26.4 Å². The number of piperidine rings is 1. The Morgan fingerprint density at radius 2 is 1.78 bits per heavy atom. The predicted octanol–water partition coefficient (Wildman–Crippen LogP) is 2.58. The van der Waals surface area contributed by atoms with E-state index in [1.54, 1.807) is 6.26 Å². The number of nitrogens with one attached hydrogen (secondary N) is 2. The molecule has 1 saturated heterocycles. The van der Waals surface area contributed by atoms with Gasteiger partial charge in [-0.25, -0.2) is 8.42 Å². The molecule has 2 amide bonds. The van der Waals surface area contributed by atoms with Gasteiger partial charge in [0.05, 0.1) is 4.90 Å². The molecular weight excluding hydrogens is 494 g/mol. The Labute approximate surface area is 217 Å². The molecule has 0 radical (unpaired) electrons. The highest BCUT2D eigenvalue weighted by Gasteiger charge is 2.30. The van der Waals surface area contributed by atoms with Crippen LogP contribution in [0.2, 0.25) is 0 Å². The third-order valence-corrected chi connectivity index (χ3v) is 8.38. The monoisotopic (exact) mass is 525 g/mol. The Kier molecular flexibility index (Phi) is 8.62. The van der Waals surface area contributed by atoms with Crippen LogP contribution in [0, 0.1) is 5.92 Å². The molecule has 196 valence electrons. The van der Waals surface area contributed by atoms with Crippen molar-refractivity contribution in [3.05, 3.63) is 90.4 Å². The number of amides is 2. The van der Waals surface area contributed by atoms with Crippen molar-refractivity contribution in [1.29, 1.82) is 0 Å². The summed E-state index contributed by atoms with van der Waals surface area (Å²) >= 11 is 0. The van der Waals surface area contributed by atoms with Gasteiger partial charge in [0.2, 0.25) is 22.7 Å². The summed E-state index contributed by atoms with van der Waals surface area (Å²) in [6.07, 6.45) is 4.50. The van der Waals surface area contributed by atoms with Gasteiger partial charge in [0.25, 0.3) is 5.91 Å². The molecule has 2 aliphatic heterocycles. The zero-order valence-electron chi connectivity index (χ0n) is 20.5. The van der Waals surface area contributed by atoms with Crippen molar-refractivity contribution >= 4 is 21.8 Å². The fourth-order valence-electron chi connectivity index (χ4n) is 4.38. The lowest BCUT2D eigenvalue weighted by molar-refractivity contribution is -0.117. The summed E-state index contributed by atoms with van der Waals surface area (Å²) in [5.41, 5.74) is 1.47. The number of nitrogens with zero attached hydrogens (tertiary/aromatic N) is 1. The Hall–Kier alpha value is -3.63. The van der Waals surface area contributed by atoms with Gasteiger partial charge in [-0.05, 0) is 55.2 Å². The first-order valence-corrected chi connectivity index (χ1v) is 13.6. The topological polar surface area (TPSA) is 114 Å². The molecule has 9 nitrogen and oxygen atoms in total. The molecule has 2 heterocycles. The smallest absolute Gasteiger partial charge is 0.251 e. The van der Waals surface area contributed by atoms with Gasteiger partial charge in [-0.15, -0.1) is 0 Å². The molecule has 0 aliphatic carbocycles.